The Morgan fingerprint density at radius 1 is 1.46 bits per heavy atom. The molecule has 0 spiro atoms. The summed E-state index contributed by atoms with van der Waals surface area (Å²) in [5, 5.41) is 1.59. The highest BCUT2D eigenvalue weighted by atomic mass is 19.4. The molecule has 5 heteroatoms. The van der Waals surface area contributed by atoms with Crippen LogP contribution >= 0.6 is 0 Å². The van der Waals surface area contributed by atoms with Crippen LogP contribution in [-0.4, -0.2) is 36.9 Å². The third kappa shape index (κ3) is 3.52. The molecule has 0 aromatic rings. The van der Waals surface area contributed by atoms with E-state index in [0.29, 0.717) is 0 Å². The van der Waals surface area contributed by atoms with Gasteiger partial charge in [-0.25, -0.2) is 5.32 Å². The zero-order chi connectivity index (χ0) is 9.90. The van der Waals surface area contributed by atoms with Crippen molar-refractivity contribution < 1.29 is 13.2 Å². The Morgan fingerprint density at radius 2 is 2.15 bits per heavy atom. The monoisotopic (exact) mass is 196 g/mol. The summed E-state index contributed by atoms with van der Waals surface area (Å²) in [4.78, 5) is 2.08. The molecular formula is C8H15F3N2. The van der Waals surface area contributed by atoms with E-state index in [1.165, 1.54) is 0 Å². The number of hydrogen-bond acceptors (Lipinski definition) is 2. The van der Waals surface area contributed by atoms with Gasteiger partial charge in [0.15, 0.2) is 0 Å². The zero-order valence-corrected chi connectivity index (χ0v) is 7.69. The van der Waals surface area contributed by atoms with Crippen LogP contribution in [0.5, 0.6) is 0 Å². The van der Waals surface area contributed by atoms with Gasteiger partial charge in [0.2, 0.25) is 0 Å². The molecule has 1 saturated heterocycles. The molecule has 0 radical (unpaired) electrons. The standard InChI is InChI=1S/C8H15F3N2/c1-2-13-5-3-4-7(13)6-12-8(9,10)11/h7,12H,2-6H2,1H3/t7-/m0/s1. The highest BCUT2D eigenvalue weighted by molar-refractivity contribution is 4.80. The van der Waals surface area contributed by atoms with Crippen molar-refractivity contribution in [3.63, 3.8) is 0 Å². The minimum absolute atomic E-state index is 0.0251. The molecule has 1 N–H and O–H groups in total. The molecule has 0 aliphatic carbocycles. The molecule has 0 bridgehead atoms. The lowest BCUT2D eigenvalue weighted by atomic mass is 10.2. The highest BCUT2D eigenvalue weighted by Gasteiger charge is 2.30. The third-order valence-corrected chi connectivity index (χ3v) is 2.44. The molecule has 13 heavy (non-hydrogen) atoms. The average molecular weight is 196 g/mol. The van der Waals surface area contributed by atoms with Gasteiger partial charge in [0, 0.05) is 12.6 Å². The van der Waals surface area contributed by atoms with Crippen LogP contribution in [0.1, 0.15) is 19.8 Å². The van der Waals surface area contributed by atoms with Gasteiger partial charge in [-0.05, 0) is 25.9 Å². The first-order valence-corrected chi connectivity index (χ1v) is 4.58. The van der Waals surface area contributed by atoms with Gasteiger partial charge in [0.05, 0.1) is 0 Å². The molecule has 1 fully saturated rings. The van der Waals surface area contributed by atoms with Crippen molar-refractivity contribution in [3.05, 3.63) is 0 Å². The van der Waals surface area contributed by atoms with Gasteiger partial charge < -0.3 is 0 Å². The Hall–Kier alpha value is -0.290. The largest absolute Gasteiger partial charge is 0.457 e. The van der Waals surface area contributed by atoms with E-state index in [-0.39, 0.29) is 12.6 Å². The lowest BCUT2D eigenvalue weighted by Gasteiger charge is -2.23. The molecule has 1 aliphatic heterocycles. The molecule has 1 aliphatic rings. The second kappa shape index (κ2) is 4.28. The van der Waals surface area contributed by atoms with Crippen molar-refractivity contribution in [2.45, 2.75) is 32.1 Å². The number of likely N-dealkylation sites (N-methyl/N-ethyl adjacent to an activating group) is 1. The molecule has 0 amide bonds. The topological polar surface area (TPSA) is 15.3 Å². The second-order valence-electron chi connectivity index (χ2n) is 3.30. The van der Waals surface area contributed by atoms with Crippen LogP contribution in [0.2, 0.25) is 0 Å². The number of likely N-dealkylation sites (tertiary alicyclic amines) is 1. The molecule has 2 nitrogen and oxygen atoms in total. The van der Waals surface area contributed by atoms with E-state index >= 15 is 0 Å². The van der Waals surface area contributed by atoms with Crippen LogP contribution in [0.4, 0.5) is 13.2 Å². The maximum atomic E-state index is 11.8. The highest BCUT2D eigenvalue weighted by Crippen LogP contribution is 2.17. The van der Waals surface area contributed by atoms with Crippen LogP contribution < -0.4 is 5.32 Å². The van der Waals surface area contributed by atoms with E-state index in [0.717, 1.165) is 25.9 Å². The number of hydrogen-bond donors (Lipinski definition) is 1. The summed E-state index contributed by atoms with van der Waals surface area (Å²) in [6.07, 6.45) is -2.35. The van der Waals surface area contributed by atoms with Crippen molar-refractivity contribution in [2.24, 2.45) is 0 Å². The summed E-state index contributed by atoms with van der Waals surface area (Å²) in [5.74, 6) is 0. The summed E-state index contributed by atoms with van der Waals surface area (Å²) in [7, 11) is 0. The first-order valence-electron chi connectivity index (χ1n) is 4.58. The van der Waals surface area contributed by atoms with Crippen molar-refractivity contribution in [3.8, 4) is 0 Å². The van der Waals surface area contributed by atoms with E-state index in [9.17, 15) is 13.2 Å². The van der Waals surface area contributed by atoms with Gasteiger partial charge in [-0.3, -0.25) is 4.90 Å². The quantitative estimate of drug-likeness (QED) is 0.689. The Bertz CT molecular complexity index is 158. The van der Waals surface area contributed by atoms with Gasteiger partial charge in [-0.2, -0.15) is 13.2 Å². The molecule has 78 valence electrons. The van der Waals surface area contributed by atoms with Crippen molar-refractivity contribution in [2.75, 3.05) is 19.6 Å². The molecular weight excluding hydrogens is 181 g/mol. The van der Waals surface area contributed by atoms with Crippen molar-refractivity contribution in [1.29, 1.82) is 0 Å². The SMILES string of the molecule is CCN1CCC[C@H]1CNC(F)(F)F. The van der Waals surface area contributed by atoms with E-state index in [1.54, 1.807) is 5.32 Å². The first-order chi connectivity index (χ1) is 6.03. The van der Waals surface area contributed by atoms with E-state index in [2.05, 4.69) is 4.90 Å². The Kier molecular flexibility index (Phi) is 3.55. The number of rotatable bonds is 3. The maximum absolute atomic E-state index is 11.8. The maximum Gasteiger partial charge on any atom is 0.457 e. The van der Waals surface area contributed by atoms with Gasteiger partial charge in [-0.15, -0.1) is 0 Å². The van der Waals surface area contributed by atoms with Crippen molar-refractivity contribution in [1.82, 2.24) is 10.2 Å². The number of alkyl halides is 3. The molecule has 0 unspecified atom stereocenters. The van der Waals surface area contributed by atoms with E-state index in [1.807, 2.05) is 6.92 Å². The summed E-state index contributed by atoms with van der Waals surface area (Å²) >= 11 is 0. The summed E-state index contributed by atoms with van der Waals surface area (Å²) < 4.78 is 35.4. The minimum Gasteiger partial charge on any atom is -0.299 e. The molecule has 1 heterocycles. The van der Waals surface area contributed by atoms with Crippen LogP contribution in [0, 0.1) is 0 Å². The van der Waals surface area contributed by atoms with Crippen LogP contribution in [0.15, 0.2) is 0 Å². The average Bonchev–Trinajstić information content (AvgIpc) is 2.46. The normalized spacial score (nSPS) is 25.4. The van der Waals surface area contributed by atoms with Gasteiger partial charge in [0.25, 0.3) is 0 Å². The second-order valence-corrected chi connectivity index (χ2v) is 3.30. The molecule has 0 aromatic heterocycles. The third-order valence-electron chi connectivity index (χ3n) is 2.44. The summed E-state index contributed by atoms with van der Waals surface area (Å²) in [6, 6.07) is 0.0617. The fourth-order valence-electron chi connectivity index (χ4n) is 1.78. The van der Waals surface area contributed by atoms with Gasteiger partial charge >= 0.3 is 6.30 Å². The lowest BCUT2D eigenvalue weighted by Crippen LogP contribution is -2.43. The van der Waals surface area contributed by atoms with Crippen molar-refractivity contribution >= 4 is 0 Å². The number of halogens is 3. The number of nitrogens with zero attached hydrogens (tertiary/aromatic N) is 1. The first kappa shape index (κ1) is 10.8. The summed E-state index contributed by atoms with van der Waals surface area (Å²) in [5.41, 5.74) is 0. The smallest absolute Gasteiger partial charge is 0.299 e. The van der Waals surface area contributed by atoms with Gasteiger partial charge in [0.1, 0.15) is 0 Å². The minimum atomic E-state index is -4.23. The summed E-state index contributed by atoms with van der Waals surface area (Å²) in [6.45, 7) is 3.77. The fourth-order valence-corrected chi connectivity index (χ4v) is 1.78. The van der Waals surface area contributed by atoms with Gasteiger partial charge in [-0.1, -0.05) is 6.92 Å². The number of nitrogens with one attached hydrogen (secondary N) is 1. The fraction of sp³-hybridized carbons (Fsp3) is 1.00. The van der Waals surface area contributed by atoms with Crippen LogP contribution in [0.3, 0.4) is 0 Å². The van der Waals surface area contributed by atoms with Crippen LogP contribution in [0.25, 0.3) is 0 Å². The predicted molar refractivity (Wildman–Crippen MR) is 44.3 cm³/mol. The molecule has 1 atom stereocenters. The Morgan fingerprint density at radius 3 is 2.69 bits per heavy atom. The molecule has 0 saturated carbocycles. The Balaban J connectivity index is 2.28. The lowest BCUT2D eigenvalue weighted by molar-refractivity contribution is -0.158. The predicted octanol–water partition coefficient (Wildman–Crippen LogP) is 1.58. The zero-order valence-electron chi connectivity index (χ0n) is 7.69. The van der Waals surface area contributed by atoms with E-state index < -0.39 is 6.30 Å². The van der Waals surface area contributed by atoms with Crippen LogP contribution in [-0.2, 0) is 0 Å². The molecule has 1 rings (SSSR count). The van der Waals surface area contributed by atoms with E-state index in [4.69, 9.17) is 0 Å². The Labute approximate surface area is 76.1 Å². The molecule has 0 aromatic carbocycles.